The predicted molar refractivity (Wildman–Crippen MR) is 76.6 cm³/mol. The first-order chi connectivity index (χ1) is 9.06. The van der Waals surface area contributed by atoms with Gasteiger partial charge in [-0.25, -0.2) is 4.39 Å². The van der Waals surface area contributed by atoms with E-state index >= 15 is 0 Å². The SMILES string of the molecule is CC(C)NCc1cncc(-c2ccc(Cl)cc2F)c1. The van der Waals surface area contributed by atoms with Gasteiger partial charge in [-0.2, -0.15) is 0 Å². The summed E-state index contributed by atoms with van der Waals surface area (Å²) in [4.78, 5) is 4.16. The highest BCUT2D eigenvalue weighted by Crippen LogP contribution is 2.25. The van der Waals surface area contributed by atoms with Crippen molar-refractivity contribution in [2.45, 2.75) is 26.4 Å². The molecule has 1 N–H and O–H groups in total. The number of halogens is 2. The van der Waals surface area contributed by atoms with Crippen molar-refractivity contribution >= 4 is 11.6 Å². The average Bonchev–Trinajstić information content (AvgIpc) is 2.36. The molecule has 0 saturated heterocycles. The molecule has 0 saturated carbocycles. The number of nitrogens with zero attached hydrogens (tertiary/aromatic N) is 1. The molecule has 0 amide bonds. The van der Waals surface area contributed by atoms with Crippen molar-refractivity contribution in [2.24, 2.45) is 0 Å². The van der Waals surface area contributed by atoms with Crippen LogP contribution < -0.4 is 5.32 Å². The third-order valence-electron chi connectivity index (χ3n) is 2.75. The molecule has 4 heteroatoms. The van der Waals surface area contributed by atoms with Crippen LogP contribution in [0.5, 0.6) is 0 Å². The molecule has 0 radical (unpaired) electrons. The Morgan fingerprint density at radius 2 is 2.05 bits per heavy atom. The molecule has 100 valence electrons. The highest BCUT2D eigenvalue weighted by molar-refractivity contribution is 6.30. The summed E-state index contributed by atoms with van der Waals surface area (Å²) in [7, 11) is 0. The Hall–Kier alpha value is -1.45. The van der Waals surface area contributed by atoms with Gasteiger partial charge < -0.3 is 5.32 Å². The van der Waals surface area contributed by atoms with Gasteiger partial charge in [-0.05, 0) is 29.8 Å². The summed E-state index contributed by atoms with van der Waals surface area (Å²) in [5.74, 6) is -0.330. The minimum Gasteiger partial charge on any atom is -0.310 e. The van der Waals surface area contributed by atoms with E-state index in [0.717, 1.165) is 11.1 Å². The molecule has 0 bridgehead atoms. The van der Waals surface area contributed by atoms with Gasteiger partial charge in [0.1, 0.15) is 5.82 Å². The Morgan fingerprint density at radius 1 is 1.26 bits per heavy atom. The number of pyridine rings is 1. The molecule has 0 aliphatic rings. The fraction of sp³-hybridized carbons (Fsp3) is 0.267. The molecule has 1 heterocycles. The Bertz CT molecular complexity index is 570. The van der Waals surface area contributed by atoms with Gasteiger partial charge in [0.25, 0.3) is 0 Å². The van der Waals surface area contributed by atoms with Crippen LogP contribution in [-0.4, -0.2) is 11.0 Å². The lowest BCUT2D eigenvalue weighted by Gasteiger charge is -2.09. The summed E-state index contributed by atoms with van der Waals surface area (Å²) in [6.45, 7) is 4.88. The van der Waals surface area contributed by atoms with E-state index in [-0.39, 0.29) is 5.82 Å². The van der Waals surface area contributed by atoms with Crippen molar-refractivity contribution in [3.63, 3.8) is 0 Å². The maximum Gasteiger partial charge on any atom is 0.132 e. The van der Waals surface area contributed by atoms with Gasteiger partial charge in [0.2, 0.25) is 0 Å². The minimum absolute atomic E-state index is 0.330. The monoisotopic (exact) mass is 278 g/mol. The lowest BCUT2D eigenvalue weighted by molar-refractivity contribution is 0.588. The number of rotatable bonds is 4. The highest BCUT2D eigenvalue weighted by Gasteiger charge is 2.07. The molecule has 0 spiro atoms. The Balaban J connectivity index is 2.27. The highest BCUT2D eigenvalue weighted by atomic mass is 35.5. The zero-order valence-electron chi connectivity index (χ0n) is 11.0. The fourth-order valence-electron chi connectivity index (χ4n) is 1.78. The van der Waals surface area contributed by atoms with Gasteiger partial charge in [0.15, 0.2) is 0 Å². The molecule has 1 aromatic heterocycles. The maximum absolute atomic E-state index is 13.9. The molecule has 2 aromatic rings. The summed E-state index contributed by atoms with van der Waals surface area (Å²) >= 11 is 5.75. The van der Waals surface area contributed by atoms with Crippen LogP contribution in [0.3, 0.4) is 0 Å². The van der Waals surface area contributed by atoms with Crippen LogP contribution in [0.1, 0.15) is 19.4 Å². The van der Waals surface area contributed by atoms with Gasteiger partial charge in [-0.15, -0.1) is 0 Å². The first-order valence-corrected chi connectivity index (χ1v) is 6.57. The van der Waals surface area contributed by atoms with Crippen LogP contribution in [0.4, 0.5) is 4.39 Å². The number of nitrogens with one attached hydrogen (secondary N) is 1. The summed E-state index contributed by atoms with van der Waals surface area (Å²) in [5.41, 5.74) is 2.31. The van der Waals surface area contributed by atoms with Crippen LogP contribution in [0.25, 0.3) is 11.1 Å². The van der Waals surface area contributed by atoms with Crippen LogP contribution in [0.15, 0.2) is 36.7 Å². The van der Waals surface area contributed by atoms with Gasteiger partial charge in [0, 0.05) is 41.1 Å². The van der Waals surface area contributed by atoms with Gasteiger partial charge in [-0.3, -0.25) is 4.98 Å². The van der Waals surface area contributed by atoms with E-state index in [1.54, 1.807) is 24.5 Å². The summed E-state index contributed by atoms with van der Waals surface area (Å²) in [6.07, 6.45) is 3.44. The number of hydrogen-bond acceptors (Lipinski definition) is 2. The average molecular weight is 279 g/mol. The normalized spacial score (nSPS) is 11.0. The first kappa shape index (κ1) is 14.0. The first-order valence-electron chi connectivity index (χ1n) is 6.19. The van der Waals surface area contributed by atoms with Crippen molar-refractivity contribution in [2.75, 3.05) is 0 Å². The zero-order valence-corrected chi connectivity index (χ0v) is 11.7. The third kappa shape index (κ3) is 3.75. The number of hydrogen-bond donors (Lipinski definition) is 1. The van der Waals surface area contributed by atoms with Gasteiger partial charge in [-0.1, -0.05) is 25.4 Å². The quantitative estimate of drug-likeness (QED) is 0.913. The maximum atomic E-state index is 13.9. The van der Waals surface area contributed by atoms with E-state index in [4.69, 9.17) is 11.6 Å². The summed E-state index contributed by atoms with van der Waals surface area (Å²) in [6, 6.07) is 7.01. The zero-order chi connectivity index (χ0) is 13.8. The molecule has 1 aromatic carbocycles. The molecule has 0 aliphatic heterocycles. The smallest absolute Gasteiger partial charge is 0.132 e. The summed E-state index contributed by atoms with van der Waals surface area (Å²) in [5, 5.41) is 3.70. The van der Waals surface area contributed by atoms with Crippen LogP contribution in [-0.2, 0) is 6.54 Å². The lowest BCUT2D eigenvalue weighted by atomic mass is 10.1. The topological polar surface area (TPSA) is 24.9 Å². The van der Waals surface area contributed by atoms with Crippen molar-refractivity contribution in [1.82, 2.24) is 10.3 Å². The van der Waals surface area contributed by atoms with Crippen molar-refractivity contribution in [3.05, 3.63) is 53.1 Å². The Morgan fingerprint density at radius 3 is 2.74 bits per heavy atom. The second kappa shape index (κ2) is 6.13. The summed E-state index contributed by atoms with van der Waals surface area (Å²) < 4.78 is 13.9. The van der Waals surface area contributed by atoms with E-state index in [1.807, 2.05) is 6.07 Å². The minimum atomic E-state index is -0.330. The molecule has 2 nitrogen and oxygen atoms in total. The van der Waals surface area contributed by atoms with E-state index < -0.39 is 0 Å². The molecule has 0 fully saturated rings. The van der Waals surface area contributed by atoms with Gasteiger partial charge in [0.05, 0.1) is 0 Å². The van der Waals surface area contributed by atoms with Crippen LogP contribution >= 0.6 is 11.6 Å². The van der Waals surface area contributed by atoms with E-state index in [0.29, 0.717) is 23.2 Å². The molecule has 2 rings (SSSR count). The molecule has 0 atom stereocenters. The molecular formula is C15H16ClFN2. The third-order valence-corrected chi connectivity index (χ3v) is 2.99. The van der Waals surface area contributed by atoms with Crippen molar-refractivity contribution in [1.29, 1.82) is 0 Å². The van der Waals surface area contributed by atoms with Crippen molar-refractivity contribution in [3.8, 4) is 11.1 Å². The Labute approximate surface area is 117 Å². The number of aromatic nitrogens is 1. The fourth-order valence-corrected chi connectivity index (χ4v) is 1.94. The second-order valence-corrected chi connectivity index (χ2v) is 5.18. The molecular weight excluding hydrogens is 263 g/mol. The molecule has 0 aliphatic carbocycles. The predicted octanol–water partition coefficient (Wildman–Crippen LogP) is 4.04. The van der Waals surface area contributed by atoms with Crippen LogP contribution in [0.2, 0.25) is 5.02 Å². The number of benzene rings is 1. The molecule has 0 unspecified atom stereocenters. The Kier molecular flexibility index (Phi) is 4.51. The lowest BCUT2D eigenvalue weighted by Crippen LogP contribution is -2.21. The molecule has 19 heavy (non-hydrogen) atoms. The second-order valence-electron chi connectivity index (χ2n) is 4.74. The van der Waals surface area contributed by atoms with E-state index in [9.17, 15) is 4.39 Å². The van der Waals surface area contributed by atoms with E-state index in [2.05, 4.69) is 24.1 Å². The van der Waals surface area contributed by atoms with Crippen molar-refractivity contribution < 1.29 is 4.39 Å². The largest absolute Gasteiger partial charge is 0.310 e. The van der Waals surface area contributed by atoms with E-state index in [1.165, 1.54) is 6.07 Å². The standard InChI is InChI=1S/C15H16ClFN2/c1-10(2)19-8-11-5-12(9-18-7-11)14-4-3-13(16)6-15(14)17/h3-7,9-10,19H,8H2,1-2H3. The van der Waals surface area contributed by atoms with Crippen LogP contribution in [0, 0.1) is 5.82 Å². The van der Waals surface area contributed by atoms with Gasteiger partial charge >= 0.3 is 0 Å².